The van der Waals surface area contributed by atoms with Crippen LogP contribution in [0.3, 0.4) is 0 Å². The monoisotopic (exact) mass is 495 g/mol. The van der Waals surface area contributed by atoms with Crippen molar-refractivity contribution in [1.29, 1.82) is 0 Å². The Morgan fingerprint density at radius 2 is 1.82 bits per heavy atom. The van der Waals surface area contributed by atoms with Crippen molar-refractivity contribution in [3.05, 3.63) is 40.9 Å². The maximum absolute atomic E-state index is 13.1. The Bertz CT molecular complexity index is 1070. The number of rotatable bonds is 6. The number of benzene rings is 1. The molecule has 0 spiro atoms. The van der Waals surface area contributed by atoms with Gasteiger partial charge in [0, 0.05) is 44.5 Å². The van der Waals surface area contributed by atoms with Crippen LogP contribution in [0.5, 0.6) is 0 Å². The molecule has 0 aliphatic carbocycles. The predicted molar refractivity (Wildman–Crippen MR) is 120 cm³/mol. The summed E-state index contributed by atoms with van der Waals surface area (Å²) in [5.41, 5.74) is -0.542. The number of piperazine rings is 1. The maximum atomic E-state index is 13.1. The molecule has 12 heteroatoms. The summed E-state index contributed by atoms with van der Waals surface area (Å²) in [6.07, 6.45) is -3.10. The third kappa shape index (κ3) is 5.73. The number of hydrogen-bond acceptors (Lipinski definition) is 6. The van der Waals surface area contributed by atoms with Gasteiger partial charge in [-0.25, -0.2) is 4.98 Å². The number of halogens is 3. The largest absolute Gasteiger partial charge is 0.418 e. The molecule has 0 unspecified atom stereocenters. The highest BCUT2D eigenvalue weighted by Crippen LogP contribution is 2.34. The normalized spacial score (nSPS) is 17.3. The molecule has 8 nitrogen and oxygen atoms in total. The summed E-state index contributed by atoms with van der Waals surface area (Å²) in [7, 11) is 0. The van der Waals surface area contributed by atoms with Gasteiger partial charge in [0.15, 0.2) is 5.13 Å². The SMILES string of the molecule is O=C(CN1CCN(C(=O)Cc2csc(N3CCCC3=O)n2)CC1)Nc1ccccc1C(F)(F)F. The minimum absolute atomic E-state index is 0.0503. The van der Waals surface area contributed by atoms with Gasteiger partial charge in [-0.1, -0.05) is 12.1 Å². The number of nitrogens with zero attached hydrogens (tertiary/aromatic N) is 4. The van der Waals surface area contributed by atoms with Gasteiger partial charge in [-0.05, 0) is 18.6 Å². The van der Waals surface area contributed by atoms with E-state index >= 15 is 0 Å². The smallest absolute Gasteiger partial charge is 0.340 e. The molecule has 2 saturated heterocycles. The molecule has 0 atom stereocenters. The van der Waals surface area contributed by atoms with Crippen LogP contribution in [0.2, 0.25) is 0 Å². The quantitative estimate of drug-likeness (QED) is 0.666. The van der Waals surface area contributed by atoms with Crippen LogP contribution in [0.15, 0.2) is 29.6 Å². The van der Waals surface area contributed by atoms with E-state index in [4.69, 9.17) is 0 Å². The topological polar surface area (TPSA) is 85.9 Å². The number of carbonyl (C=O) groups is 3. The number of amides is 3. The lowest BCUT2D eigenvalue weighted by Gasteiger charge is -2.34. The van der Waals surface area contributed by atoms with Crippen molar-refractivity contribution < 1.29 is 27.6 Å². The number of para-hydroxylation sites is 1. The fraction of sp³-hybridized carbons (Fsp3) is 0.455. The van der Waals surface area contributed by atoms with E-state index in [0.29, 0.717) is 50.0 Å². The van der Waals surface area contributed by atoms with Crippen LogP contribution in [-0.4, -0.2) is 71.8 Å². The van der Waals surface area contributed by atoms with E-state index in [-0.39, 0.29) is 30.5 Å². The zero-order valence-electron chi connectivity index (χ0n) is 18.3. The summed E-state index contributed by atoms with van der Waals surface area (Å²) < 4.78 is 39.3. The first-order valence-electron chi connectivity index (χ1n) is 10.9. The van der Waals surface area contributed by atoms with Crippen LogP contribution in [0.25, 0.3) is 0 Å². The minimum Gasteiger partial charge on any atom is -0.340 e. The zero-order valence-corrected chi connectivity index (χ0v) is 19.1. The van der Waals surface area contributed by atoms with Crippen molar-refractivity contribution >= 4 is 39.9 Å². The van der Waals surface area contributed by atoms with Crippen molar-refractivity contribution in [2.45, 2.75) is 25.4 Å². The fourth-order valence-electron chi connectivity index (χ4n) is 4.01. The average molecular weight is 496 g/mol. The Morgan fingerprint density at radius 1 is 1.09 bits per heavy atom. The molecule has 0 bridgehead atoms. The van der Waals surface area contributed by atoms with Gasteiger partial charge in [0.25, 0.3) is 0 Å². The number of thiazole rings is 1. The second-order valence-electron chi connectivity index (χ2n) is 8.20. The van der Waals surface area contributed by atoms with Crippen molar-refractivity contribution in [3.63, 3.8) is 0 Å². The van der Waals surface area contributed by atoms with Crippen LogP contribution < -0.4 is 10.2 Å². The Hall–Kier alpha value is -2.99. The number of carbonyl (C=O) groups excluding carboxylic acids is 3. The van der Waals surface area contributed by atoms with Gasteiger partial charge >= 0.3 is 6.18 Å². The number of aromatic nitrogens is 1. The summed E-state index contributed by atoms with van der Waals surface area (Å²) in [5, 5.41) is 4.75. The molecule has 2 aliphatic rings. The molecule has 2 aliphatic heterocycles. The van der Waals surface area contributed by atoms with Crippen LogP contribution in [0, 0.1) is 0 Å². The lowest BCUT2D eigenvalue weighted by Crippen LogP contribution is -2.50. The second kappa shape index (κ2) is 10.1. The highest BCUT2D eigenvalue weighted by atomic mass is 32.1. The first-order chi connectivity index (χ1) is 16.2. The standard InChI is InChI=1S/C22H24F3N5O3S/c23-22(24,25)16-4-1-2-5-17(16)27-18(31)13-28-8-10-29(11-9-28)20(33)12-15-14-34-21(26-15)30-7-3-6-19(30)32/h1-2,4-5,14H,3,6-13H2,(H,27,31). The highest BCUT2D eigenvalue weighted by Gasteiger charge is 2.34. The zero-order chi connectivity index (χ0) is 24.3. The van der Waals surface area contributed by atoms with Gasteiger partial charge in [0.2, 0.25) is 17.7 Å². The summed E-state index contributed by atoms with van der Waals surface area (Å²) in [4.78, 5) is 46.4. The van der Waals surface area contributed by atoms with Gasteiger partial charge in [-0.15, -0.1) is 11.3 Å². The van der Waals surface area contributed by atoms with Crippen molar-refractivity contribution in [2.24, 2.45) is 0 Å². The van der Waals surface area contributed by atoms with Gasteiger partial charge in [-0.3, -0.25) is 24.2 Å². The third-order valence-corrected chi connectivity index (χ3v) is 6.69. The number of alkyl halides is 3. The van der Waals surface area contributed by atoms with Crippen molar-refractivity contribution in [3.8, 4) is 0 Å². The lowest BCUT2D eigenvalue weighted by molar-refractivity contribution is -0.137. The first-order valence-corrected chi connectivity index (χ1v) is 11.8. The molecule has 182 valence electrons. The number of nitrogens with one attached hydrogen (secondary N) is 1. The van der Waals surface area contributed by atoms with E-state index in [1.165, 1.54) is 29.5 Å². The Labute approximate surface area is 198 Å². The van der Waals surface area contributed by atoms with E-state index in [9.17, 15) is 27.6 Å². The molecule has 3 amide bonds. The van der Waals surface area contributed by atoms with Crippen LogP contribution >= 0.6 is 11.3 Å². The van der Waals surface area contributed by atoms with Gasteiger partial charge in [0.1, 0.15) is 0 Å². The third-order valence-electron chi connectivity index (χ3n) is 5.78. The van der Waals surface area contributed by atoms with E-state index < -0.39 is 17.6 Å². The Balaban J connectivity index is 1.24. The number of anilines is 2. The van der Waals surface area contributed by atoms with E-state index in [0.717, 1.165) is 12.5 Å². The van der Waals surface area contributed by atoms with Crippen LogP contribution in [0.4, 0.5) is 24.0 Å². The molecule has 0 saturated carbocycles. The Morgan fingerprint density at radius 3 is 2.50 bits per heavy atom. The van der Waals surface area contributed by atoms with E-state index in [1.54, 1.807) is 20.1 Å². The lowest BCUT2D eigenvalue weighted by atomic mass is 10.1. The van der Waals surface area contributed by atoms with E-state index in [1.807, 2.05) is 0 Å². The van der Waals surface area contributed by atoms with Crippen molar-refractivity contribution in [2.75, 3.05) is 49.5 Å². The summed E-state index contributed by atoms with van der Waals surface area (Å²) in [6, 6.07) is 4.85. The molecule has 1 aromatic carbocycles. The molecule has 3 heterocycles. The summed E-state index contributed by atoms with van der Waals surface area (Å²) in [5.74, 6) is -0.579. The molecule has 0 radical (unpaired) electrons. The minimum atomic E-state index is -4.56. The average Bonchev–Trinajstić information content (AvgIpc) is 3.42. The van der Waals surface area contributed by atoms with Crippen molar-refractivity contribution in [1.82, 2.24) is 14.8 Å². The highest BCUT2D eigenvalue weighted by molar-refractivity contribution is 7.14. The van der Waals surface area contributed by atoms with Gasteiger partial charge < -0.3 is 10.2 Å². The van der Waals surface area contributed by atoms with E-state index in [2.05, 4.69) is 10.3 Å². The molecule has 34 heavy (non-hydrogen) atoms. The summed E-state index contributed by atoms with van der Waals surface area (Å²) in [6.45, 7) is 2.28. The fourth-order valence-corrected chi connectivity index (χ4v) is 4.87. The number of hydrogen-bond donors (Lipinski definition) is 1. The second-order valence-corrected chi connectivity index (χ2v) is 9.03. The molecule has 1 N–H and O–H groups in total. The maximum Gasteiger partial charge on any atom is 0.418 e. The molecule has 2 aromatic rings. The molecule has 1 aromatic heterocycles. The van der Waals surface area contributed by atoms with Gasteiger partial charge in [-0.2, -0.15) is 13.2 Å². The first kappa shape index (κ1) is 24.1. The van der Waals surface area contributed by atoms with Crippen LogP contribution in [0.1, 0.15) is 24.1 Å². The van der Waals surface area contributed by atoms with Gasteiger partial charge in [0.05, 0.1) is 29.9 Å². The molecular weight excluding hydrogens is 471 g/mol. The molecular formula is C22H24F3N5O3S. The predicted octanol–water partition coefficient (Wildman–Crippen LogP) is 2.61. The molecule has 4 rings (SSSR count). The summed E-state index contributed by atoms with van der Waals surface area (Å²) >= 11 is 1.35. The molecule has 2 fully saturated rings. The van der Waals surface area contributed by atoms with Crippen LogP contribution in [-0.2, 0) is 27.0 Å². The Kier molecular flexibility index (Phi) is 7.17.